The molecule has 1 saturated heterocycles. The fourth-order valence-electron chi connectivity index (χ4n) is 6.00. The minimum atomic E-state index is -4.81. The molecule has 1 N–H and O–H groups in total. The van der Waals surface area contributed by atoms with Gasteiger partial charge in [-0.2, -0.15) is 0 Å². The highest BCUT2D eigenvalue weighted by Crippen LogP contribution is 2.49. The van der Waals surface area contributed by atoms with Gasteiger partial charge in [0.2, 0.25) is 0 Å². The molecule has 0 spiro atoms. The number of aryl methyl sites for hydroxylation is 2. The summed E-state index contributed by atoms with van der Waals surface area (Å²) < 4.78 is 59.5. The number of aliphatic hydroxyl groups excluding tert-OH is 1. The number of rotatable bonds is 5. The Balaban J connectivity index is 0.000000544. The van der Waals surface area contributed by atoms with E-state index in [2.05, 4.69) is 49.3 Å². The highest BCUT2D eigenvalue weighted by molar-refractivity contribution is 8.33. The summed E-state index contributed by atoms with van der Waals surface area (Å²) in [4.78, 5) is 20.3. The van der Waals surface area contributed by atoms with Gasteiger partial charge in [0.25, 0.3) is 5.91 Å². The molecule has 0 bridgehead atoms. The molecule has 1 amide bonds. The number of benzene rings is 2. The maximum absolute atomic E-state index is 15.6. The van der Waals surface area contributed by atoms with Crippen molar-refractivity contribution in [2.24, 2.45) is 0 Å². The van der Waals surface area contributed by atoms with Crippen LogP contribution >= 0.6 is 22.0 Å². The number of likely N-dealkylation sites (tertiary alicyclic amines) is 1. The summed E-state index contributed by atoms with van der Waals surface area (Å²) in [5, 5.41) is 11.3. The number of alkyl halides is 3. The second kappa shape index (κ2) is 14.8. The number of hydrogen-bond acceptors (Lipinski definition) is 5. The molecule has 2 aliphatic rings. The zero-order chi connectivity index (χ0) is 36.6. The van der Waals surface area contributed by atoms with Gasteiger partial charge in [0.05, 0.1) is 12.3 Å². The first-order chi connectivity index (χ1) is 23.3. The van der Waals surface area contributed by atoms with Crippen LogP contribution < -0.4 is 4.74 Å². The third-order valence-corrected chi connectivity index (χ3v) is 14.6. The molecule has 0 saturated carbocycles. The SMILES string of the molecule is CC(C)(C)S(C)(C)C.Cc1ccc(Sn2c3c(c4c(C5CCN(C(=O)c6ccc(OC(F)(F)F)cc6)CC5)c(F)cnc42)CCC(O)C3)cc1. The number of aromatic nitrogens is 2. The predicted octanol–water partition coefficient (Wildman–Crippen LogP) is 9.29. The van der Waals surface area contributed by atoms with E-state index in [0.717, 1.165) is 39.2 Å². The van der Waals surface area contributed by atoms with Crippen LogP contribution in [0.3, 0.4) is 0 Å². The minimum absolute atomic E-state index is 0.140. The lowest BCUT2D eigenvalue weighted by atomic mass is 9.84. The van der Waals surface area contributed by atoms with Crippen molar-refractivity contribution in [1.29, 1.82) is 0 Å². The lowest BCUT2D eigenvalue weighted by Crippen LogP contribution is -2.38. The lowest BCUT2D eigenvalue weighted by Gasteiger charge is -2.40. The first-order valence-corrected chi connectivity index (χ1v) is 20.4. The van der Waals surface area contributed by atoms with Crippen LogP contribution in [0.1, 0.15) is 78.7 Å². The number of nitrogens with zero attached hydrogens (tertiary/aromatic N) is 3. The molecule has 272 valence electrons. The molecule has 6 rings (SSSR count). The summed E-state index contributed by atoms with van der Waals surface area (Å²) in [7, 11) is -0.340. The average molecular weight is 734 g/mol. The Morgan fingerprint density at radius 1 is 0.980 bits per heavy atom. The standard InChI is InChI=1S/C31H29F4N3O3S.C7H18S/c1-18-2-9-23(10-3-18)42-38-26-16-21(39)6-11-24(26)28-27(25(32)17-36-29(28)38)19-12-14-37(15-13-19)30(40)20-4-7-22(8-5-20)41-31(33,34)35;1-7(2,3)8(4,5)6/h2-5,7-10,17,19,21,39H,6,11-16H2,1H3;1-6H3. The van der Waals surface area contributed by atoms with Gasteiger partial charge in [0.15, 0.2) is 5.65 Å². The summed E-state index contributed by atoms with van der Waals surface area (Å²) in [6, 6.07) is 13.0. The molecule has 1 atom stereocenters. The Morgan fingerprint density at radius 3 is 2.14 bits per heavy atom. The van der Waals surface area contributed by atoms with Crippen LogP contribution in [0.15, 0.2) is 59.6 Å². The number of ether oxygens (including phenoxy) is 1. The van der Waals surface area contributed by atoms with Crippen molar-refractivity contribution in [3.8, 4) is 5.75 Å². The van der Waals surface area contributed by atoms with Crippen molar-refractivity contribution in [3.05, 3.63) is 88.5 Å². The maximum Gasteiger partial charge on any atom is 0.573 e. The van der Waals surface area contributed by atoms with E-state index in [9.17, 15) is 23.1 Å². The summed E-state index contributed by atoms with van der Waals surface area (Å²) in [6.45, 7) is 9.71. The van der Waals surface area contributed by atoms with Crippen LogP contribution in [0, 0.1) is 12.7 Å². The van der Waals surface area contributed by atoms with Gasteiger partial charge in [0.1, 0.15) is 11.6 Å². The molecule has 6 nitrogen and oxygen atoms in total. The molecule has 2 aromatic heterocycles. The van der Waals surface area contributed by atoms with Crippen molar-refractivity contribution in [1.82, 2.24) is 13.9 Å². The highest BCUT2D eigenvalue weighted by Gasteiger charge is 2.34. The zero-order valence-electron chi connectivity index (χ0n) is 29.7. The molecular weight excluding hydrogens is 687 g/mol. The van der Waals surface area contributed by atoms with Crippen LogP contribution in [0.25, 0.3) is 11.0 Å². The molecule has 4 aromatic rings. The highest BCUT2D eigenvalue weighted by atomic mass is 32.3. The van der Waals surface area contributed by atoms with E-state index in [-0.39, 0.29) is 33.2 Å². The Morgan fingerprint density at radius 2 is 1.58 bits per heavy atom. The molecule has 1 aliphatic carbocycles. The Labute approximate surface area is 298 Å². The van der Waals surface area contributed by atoms with E-state index in [1.165, 1.54) is 30.3 Å². The van der Waals surface area contributed by atoms with E-state index < -0.39 is 18.2 Å². The largest absolute Gasteiger partial charge is 0.573 e. The van der Waals surface area contributed by atoms with Gasteiger partial charge in [-0.25, -0.2) is 19.4 Å². The smallest absolute Gasteiger partial charge is 0.406 e. The number of halogens is 4. The molecule has 2 aromatic carbocycles. The van der Waals surface area contributed by atoms with Crippen LogP contribution in [-0.2, 0) is 12.8 Å². The first-order valence-electron chi connectivity index (χ1n) is 16.8. The lowest BCUT2D eigenvalue weighted by molar-refractivity contribution is -0.274. The van der Waals surface area contributed by atoms with Crippen LogP contribution in [0.5, 0.6) is 5.75 Å². The Bertz CT molecular complexity index is 1790. The predicted molar refractivity (Wildman–Crippen MR) is 196 cm³/mol. The number of carbonyl (C=O) groups excluding carboxylic acids is 1. The van der Waals surface area contributed by atoms with Crippen LogP contribution in [0.2, 0.25) is 0 Å². The number of aliphatic hydroxyl groups is 1. The van der Waals surface area contributed by atoms with Crippen molar-refractivity contribution in [2.75, 3.05) is 31.9 Å². The van der Waals surface area contributed by atoms with Gasteiger partial charge < -0.3 is 14.7 Å². The summed E-state index contributed by atoms with van der Waals surface area (Å²) in [5.74, 6) is -1.20. The molecule has 1 fully saturated rings. The quantitative estimate of drug-likeness (QED) is 0.207. The topological polar surface area (TPSA) is 67.6 Å². The summed E-state index contributed by atoms with van der Waals surface area (Å²) in [6.07, 6.45) is 5.80. The van der Waals surface area contributed by atoms with E-state index >= 15 is 4.39 Å². The minimum Gasteiger partial charge on any atom is -0.406 e. The number of carbonyl (C=O) groups is 1. The van der Waals surface area contributed by atoms with Gasteiger partial charge in [-0.05, 0) is 116 Å². The van der Waals surface area contributed by atoms with Crippen molar-refractivity contribution in [3.63, 3.8) is 0 Å². The fraction of sp³-hybridized carbons (Fsp3) is 0.474. The van der Waals surface area contributed by atoms with Gasteiger partial charge in [0, 0.05) is 46.6 Å². The zero-order valence-corrected chi connectivity index (χ0v) is 31.4. The molecule has 3 heterocycles. The van der Waals surface area contributed by atoms with E-state index in [1.807, 2.05) is 35.2 Å². The third-order valence-electron chi connectivity index (χ3n) is 9.87. The van der Waals surface area contributed by atoms with Crippen LogP contribution in [-0.4, -0.2) is 73.9 Å². The van der Waals surface area contributed by atoms with Crippen molar-refractivity contribution < 1.29 is 32.2 Å². The number of amides is 1. The van der Waals surface area contributed by atoms with Gasteiger partial charge in [-0.15, -0.1) is 13.2 Å². The second-order valence-electron chi connectivity index (χ2n) is 14.8. The third kappa shape index (κ3) is 8.80. The normalized spacial score (nSPS) is 17.6. The number of piperidine rings is 1. The van der Waals surface area contributed by atoms with E-state index in [1.54, 1.807) is 4.90 Å². The molecule has 12 heteroatoms. The monoisotopic (exact) mass is 733 g/mol. The van der Waals surface area contributed by atoms with Gasteiger partial charge >= 0.3 is 6.36 Å². The Hall–Kier alpha value is -3.22. The number of pyridine rings is 1. The number of hydrogen-bond donors (Lipinski definition) is 1. The molecule has 50 heavy (non-hydrogen) atoms. The Kier molecular flexibility index (Phi) is 11.2. The first kappa shape index (κ1) is 38.0. The average Bonchev–Trinajstić information content (AvgIpc) is 3.33. The second-order valence-corrected chi connectivity index (χ2v) is 20.7. The fourth-order valence-corrected chi connectivity index (χ4v) is 6.99. The summed E-state index contributed by atoms with van der Waals surface area (Å²) >= 11 is 1.51. The molecule has 0 radical (unpaired) electrons. The summed E-state index contributed by atoms with van der Waals surface area (Å²) in [5.41, 5.74) is 4.68. The van der Waals surface area contributed by atoms with Crippen molar-refractivity contribution in [2.45, 2.75) is 87.8 Å². The van der Waals surface area contributed by atoms with Crippen molar-refractivity contribution >= 4 is 38.9 Å². The molecule has 1 aliphatic heterocycles. The van der Waals surface area contributed by atoms with Gasteiger partial charge in [-0.1, -0.05) is 38.5 Å². The number of fused-ring (bicyclic) bond motifs is 3. The molecular formula is C38H47F4N3O3S2. The van der Waals surface area contributed by atoms with Crippen LogP contribution in [0.4, 0.5) is 17.6 Å². The maximum atomic E-state index is 15.6. The van der Waals surface area contributed by atoms with Gasteiger partial charge in [-0.3, -0.25) is 8.77 Å². The van der Waals surface area contributed by atoms with E-state index in [4.69, 9.17) is 0 Å². The van der Waals surface area contributed by atoms with E-state index in [0.29, 0.717) is 61.2 Å². The molecule has 1 unspecified atom stereocenters.